The number of methoxy groups -OCH3 is 1. The first-order chi connectivity index (χ1) is 14.5. The van der Waals surface area contributed by atoms with E-state index < -0.39 is 0 Å². The van der Waals surface area contributed by atoms with E-state index in [0.717, 1.165) is 17.0 Å². The van der Waals surface area contributed by atoms with E-state index in [-0.39, 0.29) is 17.8 Å². The van der Waals surface area contributed by atoms with Crippen molar-refractivity contribution in [3.05, 3.63) is 66.1 Å². The second-order valence-corrected chi connectivity index (χ2v) is 7.33. The molecule has 3 aromatic rings. The Morgan fingerprint density at radius 1 is 1.07 bits per heavy atom. The second kappa shape index (κ2) is 8.57. The number of carbonyl (C=O) groups excluding carboxylic acids is 1. The molecule has 7 heteroatoms. The maximum absolute atomic E-state index is 13.3. The molecule has 1 fully saturated rings. The number of ether oxygens (including phenoxy) is 2. The van der Waals surface area contributed by atoms with E-state index in [4.69, 9.17) is 9.47 Å². The molecule has 0 atom stereocenters. The van der Waals surface area contributed by atoms with E-state index in [2.05, 4.69) is 5.10 Å². The highest BCUT2D eigenvalue weighted by Crippen LogP contribution is 2.24. The van der Waals surface area contributed by atoms with Crippen LogP contribution in [0.1, 0.15) is 23.3 Å². The van der Waals surface area contributed by atoms with Crippen molar-refractivity contribution in [1.29, 1.82) is 0 Å². The van der Waals surface area contributed by atoms with Crippen LogP contribution in [0.2, 0.25) is 0 Å². The number of halogens is 1. The largest absolute Gasteiger partial charge is 0.497 e. The van der Waals surface area contributed by atoms with Crippen molar-refractivity contribution < 1.29 is 18.7 Å². The number of hydrogen-bond donors (Lipinski definition) is 0. The molecule has 2 heterocycles. The van der Waals surface area contributed by atoms with Crippen LogP contribution in [0, 0.1) is 5.82 Å². The van der Waals surface area contributed by atoms with Gasteiger partial charge < -0.3 is 14.4 Å². The maximum Gasteiger partial charge on any atom is 0.272 e. The number of piperidine rings is 1. The summed E-state index contributed by atoms with van der Waals surface area (Å²) in [6.45, 7) is 1.17. The highest BCUT2D eigenvalue weighted by atomic mass is 19.1. The van der Waals surface area contributed by atoms with Crippen LogP contribution in [-0.4, -0.2) is 46.9 Å². The molecule has 0 saturated carbocycles. The Morgan fingerprint density at radius 2 is 1.80 bits per heavy atom. The van der Waals surface area contributed by atoms with E-state index in [1.165, 1.54) is 12.1 Å². The predicted octanol–water partition coefficient (Wildman–Crippen LogP) is 3.92. The summed E-state index contributed by atoms with van der Waals surface area (Å²) in [6.07, 6.45) is 1.37. The molecule has 0 bridgehead atoms. The second-order valence-electron chi connectivity index (χ2n) is 7.33. The molecule has 4 rings (SSSR count). The molecular formula is C23H24FN3O3. The van der Waals surface area contributed by atoms with Gasteiger partial charge in [0, 0.05) is 44.6 Å². The molecule has 6 nitrogen and oxygen atoms in total. The number of amides is 1. The lowest BCUT2D eigenvalue weighted by Gasteiger charge is -2.32. The molecule has 0 N–H and O–H groups in total. The Labute approximate surface area is 174 Å². The number of nitrogens with zero attached hydrogens (tertiary/aromatic N) is 3. The van der Waals surface area contributed by atoms with Crippen LogP contribution < -0.4 is 9.47 Å². The molecule has 0 spiro atoms. The minimum Gasteiger partial charge on any atom is -0.497 e. The Hall–Kier alpha value is -3.35. The minimum absolute atomic E-state index is 0.0303. The molecule has 0 aliphatic carbocycles. The number of benzene rings is 2. The van der Waals surface area contributed by atoms with Gasteiger partial charge in [0.25, 0.3) is 5.91 Å². The third-order valence-electron chi connectivity index (χ3n) is 5.31. The molecular weight excluding hydrogens is 385 g/mol. The van der Waals surface area contributed by atoms with Gasteiger partial charge in [0.2, 0.25) is 0 Å². The summed E-state index contributed by atoms with van der Waals surface area (Å²) in [5.41, 5.74) is 2.21. The first kappa shape index (κ1) is 19.9. The average molecular weight is 409 g/mol. The van der Waals surface area contributed by atoms with Gasteiger partial charge in [-0.1, -0.05) is 6.07 Å². The quantitative estimate of drug-likeness (QED) is 0.641. The summed E-state index contributed by atoms with van der Waals surface area (Å²) in [6, 6.07) is 15.6. The van der Waals surface area contributed by atoms with Crippen molar-refractivity contribution >= 4 is 5.91 Å². The molecule has 2 aromatic carbocycles. The lowest BCUT2D eigenvalue weighted by molar-refractivity contribution is 0.0585. The van der Waals surface area contributed by atoms with Gasteiger partial charge in [-0.05, 0) is 42.5 Å². The first-order valence-corrected chi connectivity index (χ1v) is 9.93. The van der Waals surface area contributed by atoms with Crippen LogP contribution >= 0.6 is 0 Å². The van der Waals surface area contributed by atoms with Crippen LogP contribution in [0.15, 0.2) is 54.6 Å². The molecule has 1 aromatic heterocycles. The third kappa shape index (κ3) is 4.30. The van der Waals surface area contributed by atoms with Gasteiger partial charge in [-0.2, -0.15) is 5.10 Å². The number of carbonyl (C=O) groups is 1. The number of hydrogen-bond acceptors (Lipinski definition) is 4. The Balaban J connectivity index is 1.40. The molecule has 1 amide bonds. The van der Waals surface area contributed by atoms with Crippen LogP contribution in [0.4, 0.5) is 4.39 Å². The molecule has 30 heavy (non-hydrogen) atoms. The zero-order valence-electron chi connectivity index (χ0n) is 17.0. The van der Waals surface area contributed by atoms with Gasteiger partial charge in [0.15, 0.2) is 0 Å². The number of rotatable bonds is 5. The van der Waals surface area contributed by atoms with Gasteiger partial charge in [-0.3, -0.25) is 9.48 Å². The summed E-state index contributed by atoms with van der Waals surface area (Å²) in [7, 11) is 3.40. The standard InChI is InChI=1S/C23H24FN3O3/c1-26-22(15-21(25-26)16-6-8-18(29-2)9-7-16)23(28)27-12-10-19(11-13-27)30-20-5-3-4-17(24)14-20/h3-9,14-15,19H,10-13H2,1-2H3. The highest BCUT2D eigenvalue weighted by Gasteiger charge is 2.27. The van der Waals surface area contributed by atoms with Crippen LogP contribution in [-0.2, 0) is 7.05 Å². The van der Waals surface area contributed by atoms with E-state index in [1.54, 1.807) is 31.0 Å². The zero-order chi connectivity index (χ0) is 21.1. The van der Waals surface area contributed by atoms with E-state index in [0.29, 0.717) is 37.4 Å². The van der Waals surface area contributed by atoms with Gasteiger partial charge in [-0.15, -0.1) is 0 Å². The number of aromatic nitrogens is 2. The Kier molecular flexibility index (Phi) is 5.70. The first-order valence-electron chi connectivity index (χ1n) is 9.93. The van der Waals surface area contributed by atoms with Gasteiger partial charge in [-0.25, -0.2) is 4.39 Å². The number of aryl methyl sites for hydroxylation is 1. The fourth-order valence-corrected chi connectivity index (χ4v) is 3.64. The van der Waals surface area contributed by atoms with Crippen LogP contribution in [0.25, 0.3) is 11.3 Å². The van der Waals surface area contributed by atoms with Gasteiger partial charge in [0.05, 0.1) is 12.8 Å². The molecule has 1 aliphatic rings. The lowest BCUT2D eigenvalue weighted by Crippen LogP contribution is -2.42. The highest BCUT2D eigenvalue weighted by molar-refractivity contribution is 5.93. The molecule has 1 aliphatic heterocycles. The summed E-state index contributed by atoms with van der Waals surface area (Å²) >= 11 is 0. The van der Waals surface area contributed by atoms with Crippen molar-refractivity contribution in [2.24, 2.45) is 7.05 Å². The maximum atomic E-state index is 13.3. The molecule has 156 valence electrons. The molecule has 0 radical (unpaired) electrons. The van der Waals surface area contributed by atoms with Crippen molar-refractivity contribution in [3.63, 3.8) is 0 Å². The monoisotopic (exact) mass is 409 g/mol. The predicted molar refractivity (Wildman–Crippen MR) is 111 cm³/mol. The smallest absolute Gasteiger partial charge is 0.272 e. The third-order valence-corrected chi connectivity index (χ3v) is 5.31. The fourth-order valence-electron chi connectivity index (χ4n) is 3.64. The van der Waals surface area contributed by atoms with Crippen molar-refractivity contribution in [2.75, 3.05) is 20.2 Å². The van der Waals surface area contributed by atoms with Crippen LogP contribution in [0.3, 0.4) is 0 Å². The zero-order valence-corrected chi connectivity index (χ0v) is 17.0. The van der Waals surface area contributed by atoms with Gasteiger partial charge in [0.1, 0.15) is 29.1 Å². The van der Waals surface area contributed by atoms with Crippen LogP contribution in [0.5, 0.6) is 11.5 Å². The summed E-state index contributed by atoms with van der Waals surface area (Å²) in [5.74, 6) is 0.933. The normalized spacial score (nSPS) is 14.6. The minimum atomic E-state index is -0.316. The van der Waals surface area contributed by atoms with Crippen molar-refractivity contribution in [3.8, 4) is 22.8 Å². The van der Waals surface area contributed by atoms with Crippen molar-refractivity contribution in [2.45, 2.75) is 18.9 Å². The fraction of sp³-hybridized carbons (Fsp3) is 0.304. The topological polar surface area (TPSA) is 56.6 Å². The summed E-state index contributed by atoms with van der Waals surface area (Å²) in [5, 5.41) is 4.50. The summed E-state index contributed by atoms with van der Waals surface area (Å²) in [4.78, 5) is 14.8. The number of likely N-dealkylation sites (tertiary alicyclic amines) is 1. The average Bonchev–Trinajstić information content (AvgIpc) is 3.15. The van der Waals surface area contributed by atoms with Crippen molar-refractivity contribution in [1.82, 2.24) is 14.7 Å². The Morgan fingerprint density at radius 3 is 2.47 bits per heavy atom. The van der Waals surface area contributed by atoms with E-state index in [1.807, 2.05) is 35.2 Å². The molecule has 0 unspecified atom stereocenters. The Bertz CT molecular complexity index is 1020. The SMILES string of the molecule is COc1ccc(-c2cc(C(=O)N3CCC(Oc4cccc(F)c4)CC3)n(C)n2)cc1. The lowest BCUT2D eigenvalue weighted by atomic mass is 10.1. The van der Waals surface area contributed by atoms with E-state index in [9.17, 15) is 9.18 Å². The van der Waals surface area contributed by atoms with Gasteiger partial charge >= 0.3 is 0 Å². The molecule has 1 saturated heterocycles. The van der Waals surface area contributed by atoms with E-state index >= 15 is 0 Å². The summed E-state index contributed by atoms with van der Waals surface area (Å²) < 4.78 is 26.0.